The third-order valence-electron chi connectivity index (χ3n) is 3.42. The Labute approximate surface area is 141 Å². The molecule has 0 fully saturated rings. The van der Waals surface area contributed by atoms with Crippen LogP contribution in [0.4, 0.5) is 19.3 Å². The van der Waals surface area contributed by atoms with E-state index >= 15 is 0 Å². The third-order valence-corrected chi connectivity index (χ3v) is 3.42. The van der Waals surface area contributed by atoms with Gasteiger partial charge < -0.3 is 9.73 Å². The number of amides is 2. The number of aromatic nitrogens is 3. The number of halogens is 2. The molecule has 25 heavy (non-hydrogen) atoms. The number of hydrogen-bond acceptors (Lipinski definition) is 4. The number of carbonyl (C=O) groups excluding carboxylic acids is 1. The van der Waals surface area contributed by atoms with Crippen LogP contribution in [0.5, 0.6) is 0 Å². The molecule has 0 aliphatic carbocycles. The third kappa shape index (κ3) is 4.19. The highest BCUT2D eigenvalue weighted by Crippen LogP contribution is 2.22. The molecule has 0 bridgehead atoms. The Bertz CT molecular complexity index is 821. The van der Waals surface area contributed by atoms with Crippen molar-refractivity contribution in [1.82, 2.24) is 20.1 Å². The monoisotopic (exact) mass is 347 g/mol. The van der Waals surface area contributed by atoms with Gasteiger partial charge in [-0.05, 0) is 24.3 Å². The smallest absolute Gasteiger partial charge is 0.322 e. The maximum absolute atomic E-state index is 14.1. The van der Waals surface area contributed by atoms with Gasteiger partial charge in [0.25, 0.3) is 0 Å². The SMILES string of the molecule is O=C(NCCn1cncn1)N(Cc1ccco1)c1ccc(F)cc1F. The van der Waals surface area contributed by atoms with Crippen LogP contribution < -0.4 is 10.2 Å². The number of furan rings is 1. The Kier molecular flexibility index (Phi) is 5.03. The van der Waals surface area contributed by atoms with Gasteiger partial charge in [-0.2, -0.15) is 5.10 Å². The molecule has 0 aliphatic heterocycles. The predicted molar refractivity (Wildman–Crippen MR) is 84.7 cm³/mol. The summed E-state index contributed by atoms with van der Waals surface area (Å²) in [4.78, 5) is 17.5. The van der Waals surface area contributed by atoms with Crippen LogP contribution in [0.15, 0.2) is 53.7 Å². The molecule has 0 spiro atoms. The van der Waals surface area contributed by atoms with Crippen LogP contribution in [0.2, 0.25) is 0 Å². The lowest BCUT2D eigenvalue weighted by atomic mass is 10.2. The molecule has 0 saturated carbocycles. The van der Waals surface area contributed by atoms with Gasteiger partial charge in [-0.1, -0.05) is 0 Å². The van der Waals surface area contributed by atoms with Crippen LogP contribution in [-0.2, 0) is 13.1 Å². The summed E-state index contributed by atoms with van der Waals surface area (Å²) in [5.41, 5.74) is -0.0453. The highest BCUT2D eigenvalue weighted by molar-refractivity contribution is 5.91. The van der Waals surface area contributed by atoms with Crippen LogP contribution in [0.1, 0.15) is 5.76 Å². The van der Waals surface area contributed by atoms with Crippen molar-refractivity contribution in [2.45, 2.75) is 13.1 Å². The van der Waals surface area contributed by atoms with E-state index in [4.69, 9.17) is 4.42 Å². The minimum atomic E-state index is -0.835. The van der Waals surface area contributed by atoms with Crippen molar-refractivity contribution in [3.63, 3.8) is 0 Å². The van der Waals surface area contributed by atoms with Gasteiger partial charge in [-0.25, -0.2) is 18.6 Å². The molecule has 0 radical (unpaired) electrons. The largest absolute Gasteiger partial charge is 0.467 e. The zero-order chi connectivity index (χ0) is 17.6. The number of anilines is 1. The van der Waals surface area contributed by atoms with E-state index in [1.165, 1.54) is 25.0 Å². The van der Waals surface area contributed by atoms with E-state index in [1.54, 1.807) is 16.8 Å². The molecule has 2 amide bonds. The van der Waals surface area contributed by atoms with Gasteiger partial charge in [0.15, 0.2) is 0 Å². The molecule has 9 heteroatoms. The van der Waals surface area contributed by atoms with E-state index in [9.17, 15) is 13.6 Å². The van der Waals surface area contributed by atoms with E-state index in [0.717, 1.165) is 17.0 Å². The first-order chi connectivity index (χ1) is 12.1. The zero-order valence-electron chi connectivity index (χ0n) is 13.1. The van der Waals surface area contributed by atoms with E-state index in [2.05, 4.69) is 15.4 Å². The molecule has 0 unspecified atom stereocenters. The Morgan fingerprint density at radius 3 is 2.88 bits per heavy atom. The Balaban J connectivity index is 1.74. The second-order valence-corrected chi connectivity index (χ2v) is 5.15. The first-order valence-corrected chi connectivity index (χ1v) is 7.48. The molecule has 0 atom stereocenters. The van der Waals surface area contributed by atoms with Gasteiger partial charge in [-0.3, -0.25) is 9.58 Å². The Hall–Kier alpha value is -3.23. The van der Waals surface area contributed by atoms with E-state index in [1.807, 2.05) is 0 Å². The van der Waals surface area contributed by atoms with Gasteiger partial charge in [0.05, 0.1) is 25.0 Å². The molecule has 0 saturated heterocycles. The number of hydrogen-bond donors (Lipinski definition) is 1. The second-order valence-electron chi connectivity index (χ2n) is 5.15. The summed E-state index contributed by atoms with van der Waals surface area (Å²) >= 11 is 0. The van der Waals surface area contributed by atoms with Gasteiger partial charge in [0.1, 0.15) is 30.0 Å². The normalized spacial score (nSPS) is 10.6. The summed E-state index contributed by atoms with van der Waals surface area (Å²) in [6.45, 7) is 0.677. The molecule has 3 aromatic rings. The summed E-state index contributed by atoms with van der Waals surface area (Å²) in [5.74, 6) is -1.08. The fourth-order valence-corrected chi connectivity index (χ4v) is 2.25. The topological polar surface area (TPSA) is 76.2 Å². The van der Waals surface area contributed by atoms with Gasteiger partial charge in [0, 0.05) is 12.6 Å². The van der Waals surface area contributed by atoms with Crippen molar-refractivity contribution in [2.24, 2.45) is 0 Å². The van der Waals surface area contributed by atoms with Gasteiger partial charge >= 0.3 is 6.03 Å². The minimum Gasteiger partial charge on any atom is -0.467 e. The fourth-order valence-electron chi connectivity index (χ4n) is 2.25. The number of nitrogens with zero attached hydrogens (tertiary/aromatic N) is 4. The zero-order valence-corrected chi connectivity index (χ0v) is 13.1. The maximum atomic E-state index is 14.1. The van der Waals surface area contributed by atoms with E-state index in [0.29, 0.717) is 12.3 Å². The number of rotatable bonds is 6. The molecule has 130 valence electrons. The summed E-state index contributed by atoms with van der Waals surface area (Å²) < 4.78 is 34.0. The molecule has 2 aromatic heterocycles. The number of urea groups is 1. The summed E-state index contributed by atoms with van der Waals surface area (Å²) in [6, 6.07) is 5.82. The number of carbonyl (C=O) groups is 1. The summed E-state index contributed by atoms with van der Waals surface area (Å²) in [6.07, 6.45) is 4.36. The Morgan fingerprint density at radius 1 is 1.32 bits per heavy atom. The Morgan fingerprint density at radius 2 is 2.20 bits per heavy atom. The number of nitrogens with one attached hydrogen (secondary N) is 1. The summed E-state index contributed by atoms with van der Waals surface area (Å²) in [5, 5.41) is 6.59. The van der Waals surface area contributed by atoms with Crippen molar-refractivity contribution in [2.75, 3.05) is 11.4 Å². The predicted octanol–water partition coefficient (Wildman–Crippen LogP) is 2.57. The van der Waals surface area contributed by atoms with Crippen LogP contribution in [0.3, 0.4) is 0 Å². The molecule has 2 heterocycles. The number of benzene rings is 1. The molecule has 1 aromatic carbocycles. The quantitative estimate of drug-likeness (QED) is 0.743. The fraction of sp³-hybridized carbons (Fsp3) is 0.188. The molecule has 1 N–H and O–H groups in total. The highest BCUT2D eigenvalue weighted by Gasteiger charge is 2.21. The lowest BCUT2D eigenvalue weighted by molar-refractivity contribution is 0.244. The first kappa shape index (κ1) is 16.6. The van der Waals surface area contributed by atoms with Crippen LogP contribution in [-0.4, -0.2) is 27.3 Å². The average Bonchev–Trinajstić information content (AvgIpc) is 3.26. The summed E-state index contributed by atoms with van der Waals surface area (Å²) in [7, 11) is 0. The van der Waals surface area contributed by atoms with Crippen molar-refractivity contribution in [3.8, 4) is 0 Å². The van der Waals surface area contributed by atoms with Crippen molar-refractivity contribution in [3.05, 3.63) is 66.6 Å². The van der Waals surface area contributed by atoms with E-state index in [-0.39, 0.29) is 18.8 Å². The standard InChI is InChI=1S/C16H15F2N5O2/c17-12-3-4-15(14(18)8-12)23(9-13-2-1-7-25-13)16(24)20-5-6-22-11-19-10-21-22/h1-4,7-8,10-11H,5-6,9H2,(H,20,24). The molecular weight excluding hydrogens is 332 g/mol. The van der Waals surface area contributed by atoms with Crippen molar-refractivity contribution in [1.29, 1.82) is 0 Å². The molecule has 3 rings (SSSR count). The van der Waals surface area contributed by atoms with Crippen molar-refractivity contribution < 1.29 is 18.0 Å². The van der Waals surface area contributed by atoms with Crippen LogP contribution >= 0.6 is 0 Å². The molecule has 0 aliphatic rings. The average molecular weight is 347 g/mol. The van der Waals surface area contributed by atoms with E-state index < -0.39 is 17.7 Å². The first-order valence-electron chi connectivity index (χ1n) is 7.48. The minimum absolute atomic E-state index is 0.00467. The van der Waals surface area contributed by atoms with Crippen molar-refractivity contribution >= 4 is 11.7 Å². The lowest BCUT2D eigenvalue weighted by Gasteiger charge is -2.22. The molecular formula is C16H15F2N5O2. The highest BCUT2D eigenvalue weighted by atomic mass is 19.1. The van der Waals surface area contributed by atoms with Gasteiger partial charge in [0.2, 0.25) is 0 Å². The maximum Gasteiger partial charge on any atom is 0.322 e. The van der Waals surface area contributed by atoms with Crippen LogP contribution in [0.25, 0.3) is 0 Å². The molecule has 7 nitrogen and oxygen atoms in total. The van der Waals surface area contributed by atoms with Crippen LogP contribution in [0, 0.1) is 11.6 Å². The second kappa shape index (κ2) is 7.56. The van der Waals surface area contributed by atoms with Gasteiger partial charge in [-0.15, -0.1) is 0 Å². The lowest BCUT2D eigenvalue weighted by Crippen LogP contribution is -2.41.